The fourth-order valence-corrected chi connectivity index (χ4v) is 4.29. The van der Waals surface area contributed by atoms with Crippen LogP contribution in [0, 0.1) is 5.92 Å². The Morgan fingerprint density at radius 3 is 2.84 bits per heavy atom. The zero-order chi connectivity index (χ0) is 21.6. The summed E-state index contributed by atoms with van der Waals surface area (Å²) in [5, 5.41) is 2.47. The lowest BCUT2D eigenvalue weighted by atomic mass is 9.95. The zero-order valence-electron chi connectivity index (χ0n) is 17.9. The smallest absolute Gasteiger partial charge is 0.321 e. The molecule has 6 nitrogen and oxygen atoms in total. The molecule has 1 aliphatic heterocycles. The van der Waals surface area contributed by atoms with Crippen molar-refractivity contribution < 1.29 is 9.47 Å². The molecular formula is C26H26N4O2. The fourth-order valence-electron chi connectivity index (χ4n) is 4.29. The molecule has 0 unspecified atom stereocenters. The molecule has 0 N–H and O–H groups in total. The van der Waals surface area contributed by atoms with Crippen LogP contribution in [-0.4, -0.2) is 46.2 Å². The van der Waals surface area contributed by atoms with E-state index in [2.05, 4.69) is 56.3 Å². The lowest BCUT2D eigenvalue weighted by molar-refractivity contribution is 0.122. The van der Waals surface area contributed by atoms with Crippen molar-refractivity contribution in [2.75, 3.05) is 26.3 Å². The molecule has 1 atom stereocenters. The number of hydrogen-bond acceptors (Lipinski definition) is 6. The summed E-state index contributed by atoms with van der Waals surface area (Å²) in [6.07, 6.45) is 8.16. The van der Waals surface area contributed by atoms with Gasteiger partial charge in [-0.15, -0.1) is 0 Å². The summed E-state index contributed by atoms with van der Waals surface area (Å²) in [6.45, 7) is 4.29. The molecule has 0 radical (unpaired) electrons. The molecule has 4 aromatic rings. The van der Waals surface area contributed by atoms with Gasteiger partial charge in [-0.3, -0.25) is 9.88 Å². The first-order chi connectivity index (χ1) is 15.8. The largest absolute Gasteiger partial charge is 0.424 e. The van der Waals surface area contributed by atoms with E-state index in [1.165, 1.54) is 21.9 Å². The summed E-state index contributed by atoms with van der Waals surface area (Å²) in [7, 11) is 0. The Balaban J connectivity index is 1.27. The Morgan fingerprint density at radius 1 is 1.00 bits per heavy atom. The molecule has 1 fully saturated rings. The van der Waals surface area contributed by atoms with Crippen molar-refractivity contribution in [1.29, 1.82) is 0 Å². The third kappa shape index (κ3) is 5.10. The molecule has 6 heteroatoms. The van der Waals surface area contributed by atoms with Crippen LogP contribution in [0.1, 0.15) is 11.1 Å². The van der Waals surface area contributed by atoms with E-state index in [-0.39, 0.29) is 0 Å². The van der Waals surface area contributed by atoms with E-state index >= 15 is 0 Å². The lowest BCUT2D eigenvalue weighted by Gasteiger charge is -2.24. The van der Waals surface area contributed by atoms with Gasteiger partial charge in [0.05, 0.1) is 13.2 Å². The first-order valence-corrected chi connectivity index (χ1v) is 11.0. The molecule has 0 amide bonds. The van der Waals surface area contributed by atoms with Crippen molar-refractivity contribution in [2.24, 2.45) is 5.92 Å². The molecule has 2 aromatic carbocycles. The van der Waals surface area contributed by atoms with Crippen LogP contribution in [0.3, 0.4) is 0 Å². The topological polar surface area (TPSA) is 60.4 Å². The van der Waals surface area contributed by atoms with Crippen molar-refractivity contribution in [3.63, 3.8) is 0 Å². The van der Waals surface area contributed by atoms with Crippen molar-refractivity contribution in [1.82, 2.24) is 19.9 Å². The van der Waals surface area contributed by atoms with E-state index < -0.39 is 0 Å². The summed E-state index contributed by atoms with van der Waals surface area (Å²) >= 11 is 0. The van der Waals surface area contributed by atoms with Crippen LogP contribution in [0.15, 0.2) is 79.4 Å². The summed E-state index contributed by atoms with van der Waals surface area (Å²) in [6, 6.07) is 18.8. The maximum Gasteiger partial charge on any atom is 0.321 e. The van der Waals surface area contributed by atoms with E-state index in [9.17, 15) is 0 Å². The molecule has 0 saturated carbocycles. The lowest BCUT2D eigenvalue weighted by Crippen LogP contribution is -2.30. The molecule has 1 saturated heterocycles. The molecule has 1 aliphatic rings. The second kappa shape index (κ2) is 9.85. The number of aromatic nitrogens is 3. The molecule has 0 aliphatic carbocycles. The van der Waals surface area contributed by atoms with Gasteiger partial charge in [0.25, 0.3) is 0 Å². The summed E-state index contributed by atoms with van der Waals surface area (Å²) in [5.41, 5.74) is 2.54. The van der Waals surface area contributed by atoms with Gasteiger partial charge in [-0.2, -0.15) is 0 Å². The second-order valence-electron chi connectivity index (χ2n) is 8.17. The third-order valence-corrected chi connectivity index (χ3v) is 5.76. The van der Waals surface area contributed by atoms with Gasteiger partial charge < -0.3 is 9.47 Å². The van der Waals surface area contributed by atoms with Gasteiger partial charge in [-0.05, 0) is 53.1 Å². The highest BCUT2D eigenvalue weighted by molar-refractivity contribution is 5.84. The van der Waals surface area contributed by atoms with Gasteiger partial charge in [-0.1, -0.05) is 30.3 Å². The maximum absolute atomic E-state index is 5.96. The Hall–Kier alpha value is -3.35. The summed E-state index contributed by atoms with van der Waals surface area (Å²) < 4.78 is 11.8. The zero-order valence-corrected chi connectivity index (χ0v) is 17.9. The Labute approximate surface area is 187 Å². The van der Waals surface area contributed by atoms with Gasteiger partial charge in [0.15, 0.2) is 0 Å². The number of nitrogens with zero attached hydrogens (tertiary/aromatic N) is 4. The number of pyridine rings is 1. The van der Waals surface area contributed by atoms with Crippen LogP contribution < -0.4 is 4.74 Å². The van der Waals surface area contributed by atoms with Crippen molar-refractivity contribution >= 4 is 10.8 Å². The normalized spacial score (nSPS) is 17.2. The second-order valence-corrected chi connectivity index (χ2v) is 8.17. The van der Waals surface area contributed by atoms with Crippen LogP contribution in [0.4, 0.5) is 0 Å². The highest BCUT2D eigenvalue weighted by Gasteiger charge is 2.20. The van der Waals surface area contributed by atoms with Gasteiger partial charge in [0.1, 0.15) is 5.75 Å². The van der Waals surface area contributed by atoms with Gasteiger partial charge >= 0.3 is 6.01 Å². The number of fused-ring (bicyclic) bond motifs is 1. The van der Waals surface area contributed by atoms with Gasteiger partial charge in [0, 0.05) is 49.8 Å². The monoisotopic (exact) mass is 426 g/mol. The van der Waals surface area contributed by atoms with E-state index in [0.29, 0.717) is 11.9 Å². The van der Waals surface area contributed by atoms with E-state index in [1.807, 2.05) is 24.5 Å². The molecular weight excluding hydrogens is 400 g/mol. The number of rotatable bonds is 6. The predicted octanol–water partition coefficient (Wildman–Crippen LogP) is 4.51. The highest BCUT2D eigenvalue weighted by Crippen LogP contribution is 2.24. The van der Waals surface area contributed by atoms with Crippen LogP contribution in [0.25, 0.3) is 10.8 Å². The summed E-state index contributed by atoms with van der Waals surface area (Å²) in [4.78, 5) is 15.1. The minimum absolute atomic E-state index is 0.359. The maximum atomic E-state index is 5.96. The molecule has 5 rings (SSSR count). The standard InChI is InChI=1S/C26H26N4O2/c1-4-20(15-24(7-1)32-26-28-9-3-10-29-26)17-30-12-13-31-19-21(18-30)14-23-6-2-5-22-8-11-27-16-25(22)23/h1-11,15-16,21H,12-14,17-19H2/t21-/m1/s1. The number of ether oxygens (including phenoxy) is 2. The van der Waals surface area contributed by atoms with E-state index in [1.54, 1.807) is 18.5 Å². The average Bonchev–Trinajstić information content (AvgIpc) is 3.05. The quantitative estimate of drug-likeness (QED) is 0.452. The SMILES string of the molecule is c1cnc(Oc2cccc(CN3CCOC[C@H](Cc4cccc5ccncc45)C3)c2)nc1. The Kier molecular flexibility index (Phi) is 6.32. The Morgan fingerprint density at radius 2 is 1.91 bits per heavy atom. The molecule has 2 aromatic heterocycles. The van der Waals surface area contributed by atoms with Crippen LogP contribution in [0.5, 0.6) is 11.8 Å². The number of benzene rings is 2. The first-order valence-electron chi connectivity index (χ1n) is 11.0. The fraction of sp³-hybridized carbons (Fsp3) is 0.269. The van der Waals surface area contributed by atoms with Crippen molar-refractivity contribution in [3.05, 3.63) is 90.5 Å². The Bertz CT molecular complexity index is 1160. The van der Waals surface area contributed by atoms with E-state index in [4.69, 9.17) is 9.47 Å². The van der Waals surface area contributed by atoms with Crippen LogP contribution in [0.2, 0.25) is 0 Å². The summed E-state index contributed by atoms with van der Waals surface area (Å²) in [5.74, 6) is 1.18. The van der Waals surface area contributed by atoms with Crippen molar-refractivity contribution in [3.8, 4) is 11.8 Å². The minimum atomic E-state index is 0.359. The molecule has 0 spiro atoms. The third-order valence-electron chi connectivity index (χ3n) is 5.76. The average molecular weight is 427 g/mol. The van der Waals surface area contributed by atoms with Gasteiger partial charge in [-0.25, -0.2) is 9.97 Å². The minimum Gasteiger partial charge on any atom is -0.424 e. The van der Waals surface area contributed by atoms with Crippen LogP contribution in [-0.2, 0) is 17.7 Å². The predicted molar refractivity (Wildman–Crippen MR) is 124 cm³/mol. The highest BCUT2D eigenvalue weighted by atomic mass is 16.5. The van der Waals surface area contributed by atoms with Crippen LogP contribution >= 0.6 is 0 Å². The van der Waals surface area contributed by atoms with Crippen molar-refractivity contribution in [2.45, 2.75) is 13.0 Å². The van der Waals surface area contributed by atoms with Gasteiger partial charge in [0.2, 0.25) is 0 Å². The first kappa shape index (κ1) is 20.5. The molecule has 0 bridgehead atoms. The van der Waals surface area contributed by atoms with E-state index in [0.717, 1.165) is 45.0 Å². The molecule has 32 heavy (non-hydrogen) atoms. The number of hydrogen-bond donors (Lipinski definition) is 0. The molecule has 3 heterocycles. The molecule has 162 valence electrons.